The Bertz CT molecular complexity index is 484. The first-order valence-corrected chi connectivity index (χ1v) is 6.29. The van der Waals surface area contributed by atoms with Crippen LogP contribution >= 0.6 is 12.4 Å². The van der Waals surface area contributed by atoms with Gasteiger partial charge in [0.15, 0.2) is 5.82 Å². The number of benzene rings is 1. The van der Waals surface area contributed by atoms with E-state index in [4.69, 9.17) is 10.3 Å². The first-order valence-electron chi connectivity index (χ1n) is 6.29. The fourth-order valence-corrected chi connectivity index (χ4v) is 1.69. The molecular weight excluding hydrogens is 262 g/mol. The van der Waals surface area contributed by atoms with Crippen LogP contribution in [-0.4, -0.2) is 10.1 Å². The van der Waals surface area contributed by atoms with E-state index in [2.05, 4.69) is 22.3 Å². The summed E-state index contributed by atoms with van der Waals surface area (Å²) in [6.07, 6.45) is 1.69. The second kappa shape index (κ2) is 7.26. The molecule has 0 radical (unpaired) electrons. The lowest BCUT2D eigenvalue weighted by atomic mass is 10.1. The maximum Gasteiger partial charge on any atom is 0.243 e. The molecule has 0 aliphatic heterocycles. The van der Waals surface area contributed by atoms with Crippen molar-refractivity contribution < 1.29 is 4.52 Å². The molecule has 0 spiro atoms. The summed E-state index contributed by atoms with van der Waals surface area (Å²) in [5, 5.41) is 3.97. The van der Waals surface area contributed by atoms with E-state index in [-0.39, 0.29) is 18.4 Å². The van der Waals surface area contributed by atoms with Crippen LogP contribution in [0.2, 0.25) is 0 Å². The summed E-state index contributed by atoms with van der Waals surface area (Å²) in [6, 6.07) is 10.1. The summed E-state index contributed by atoms with van der Waals surface area (Å²) in [5.74, 6) is 1.56. The van der Waals surface area contributed by atoms with Gasteiger partial charge in [-0.3, -0.25) is 0 Å². The first kappa shape index (κ1) is 15.7. The maximum atomic E-state index is 5.96. The van der Waals surface area contributed by atoms with Gasteiger partial charge in [-0.1, -0.05) is 49.3 Å². The summed E-state index contributed by atoms with van der Waals surface area (Å²) in [7, 11) is 0. The normalized spacial score (nSPS) is 12.2. The van der Waals surface area contributed by atoms with Crippen molar-refractivity contribution in [3.05, 3.63) is 47.6 Å². The van der Waals surface area contributed by atoms with Gasteiger partial charge in [0.1, 0.15) is 0 Å². The van der Waals surface area contributed by atoms with Crippen LogP contribution in [0, 0.1) is 5.92 Å². The third-order valence-electron chi connectivity index (χ3n) is 2.97. The van der Waals surface area contributed by atoms with E-state index >= 15 is 0 Å². The highest BCUT2D eigenvalue weighted by molar-refractivity contribution is 5.85. The number of nitrogens with zero attached hydrogens (tertiary/aromatic N) is 2. The van der Waals surface area contributed by atoms with Gasteiger partial charge < -0.3 is 10.3 Å². The molecule has 1 aromatic carbocycles. The lowest BCUT2D eigenvalue weighted by Gasteiger charge is -2.09. The monoisotopic (exact) mass is 281 g/mol. The molecular formula is C14H20ClN3O. The van der Waals surface area contributed by atoms with Crippen molar-refractivity contribution in [1.82, 2.24) is 10.1 Å². The molecule has 5 heteroatoms. The number of halogens is 1. The van der Waals surface area contributed by atoms with Gasteiger partial charge in [-0.2, -0.15) is 4.98 Å². The molecule has 1 atom stereocenters. The molecule has 1 aromatic heterocycles. The maximum absolute atomic E-state index is 5.96. The predicted molar refractivity (Wildman–Crippen MR) is 77.2 cm³/mol. The van der Waals surface area contributed by atoms with Crippen molar-refractivity contribution in [3.63, 3.8) is 0 Å². The van der Waals surface area contributed by atoms with Crippen LogP contribution in [0.1, 0.15) is 37.2 Å². The smallest absolute Gasteiger partial charge is 0.243 e. The number of rotatable bonds is 5. The second-order valence-electron chi connectivity index (χ2n) is 4.80. The van der Waals surface area contributed by atoms with Gasteiger partial charge in [-0.15, -0.1) is 12.4 Å². The molecule has 0 aliphatic carbocycles. The topological polar surface area (TPSA) is 64.9 Å². The van der Waals surface area contributed by atoms with Crippen molar-refractivity contribution in [2.45, 2.75) is 32.7 Å². The molecule has 2 N–H and O–H groups in total. The number of aromatic nitrogens is 2. The largest absolute Gasteiger partial charge is 0.338 e. The van der Waals surface area contributed by atoms with Crippen molar-refractivity contribution in [1.29, 1.82) is 0 Å². The van der Waals surface area contributed by atoms with E-state index in [1.165, 1.54) is 5.56 Å². The van der Waals surface area contributed by atoms with E-state index in [1.54, 1.807) is 0 Å². The molecule has 0 saturated carbocycles. The van der Waals surface area contributed by atoms with Crippen LogP contribution in [0.3, 0.4) is 0 Å². The van der Waals surface area contributed by atoms with Gasteiger partial charge in [-0.05, 0) is 17.9 Å². The SMILES string of the molecule is CC(C)[C@@H](N)c1nc(CCc2ccccc2)no1.Cl. The van der Waals surface area contributed by atoms with Gasteiger partial charge in [0.05, 0.1) is 6.04 Å². The molecule has 0 bridgehead atoms. The molecule has 0 saturated heterocycles. The van der Waals surface area contributed by atoms with Crippen molar-refractivity contribution in [2.75, 3.05) is 0 Å². The van der Waals surface area contributed by atoms with Gasteiger partial charge in [0.2, 0.25) is 5.89 Å². The molecule has 104 valence electrons. The van der Waals surface area contributed by atoms with Gasteiger partial charge in [-0.25, -0.2) is 0 Å². The zero-order valence-corrected chi connectivity index (χ0v) is 12.1. The Balaban J connectivity index is 0.00000180. The zero-order chi connectivity index (χ0) is 13.0. The van der Waals surface area contributed by atoms with Crippen molar-refractivity contribution in [2.24, 2.45) is 11.7 Å². The minimum atomic E-state index is -0.178. The molecule has 4 nitrogen and oxygen atoms in total. The molecule has 1 heterocycles. The van der Waals surface area contributed by atoms with E-state index in [1.807, 2.05) is 32.0 Å². The Morgan fingerprint density at radius 3 is 2.47 bits per heavy atom. The Hall–Kier alpha value is -1.39. The fraction of sp³-hybridized carbons (Fsp3) is 0.429. The van der Waals surface area contributed by atoms with Crippen molar-refractivity contribution in [3.8, 4) is 0 Å². The Morgan fingerprint density at radius 1 is 1.16 bits per heavy atom. The van der Waals surface area contributed by atoms with Crippen LogP contribution in [-0.2, 0) is 12.8 Å². The van der Waals surface area contributed by atoms with Gasteiger partial charge >= 0.3 is 0 Å². The van der Waals surface area contributed by atoms with Crippen LogP contribution in [0.5, 0.6) is 0 Å². The average Bonchev–Trinajstić information content (AvgIpc) is 2.85. The molecule has 0 amide bonds. The summed E-state index contributed by atoms with van der Waals surface area (Å²) >= 11 is 0. The Labute approximate surface area is 119 Å². The Kier molecular flexibility index (Phi) is 5.99. The zero-order valence-electron chi connectivity index (χ0n) is 11.2. The van der Waals surface area contributed by atoms with Crippen LogP contribution in [0.25, 0.3) is 0 Å². The quantitative estimate of drug-likeness (QED) is 0.915. The highest BCUT2D eigenvalue weighted by Gasteiger charge is 2.17. The average molecular weight is 282 g/mol. The highest BCUT2D eigenvalue weighted by atomic mass is 35.5. The van der Waals surface area contributed by atoms with Crippen LogP contribution in [0.4, 0.5) is 0 Å². The molecule has 0 aliphatic rings. The van der Waals surface area contributed by atoms with E-state index in [0.29, 0.717) is 11.8 Å². The van der Waals surface area contributed by atoms with E-state index < -0.39 is 0 Å². The third-order valence-corrected chi connectivity index (χ3v) is 2.97. The highest BCUT2D eigenvalue weighted by Crippen LogP contribution is 2.17. The first-order chi connectivity index (χ1) is 8.66. The predicted octanol–water partition coefficient (Wildman–Crippen LogP) is 2.93. The van der Waals surface area contributed by atoms with Crippen LogP contribution < -0.4 is 5.73 Å². The number of nitrogens with two attached hydrogens (primary N) is 1. The molecule has 2 aromatic rings. The minimum absolute atomic E-state index is 0. The summed E-state index contributed by atoms with van der Waals surface area (Å²) in [6.45, 7) is 4.08. The van der Waals surface area contributed by atoms with Crippen LogP contribution in [0.15, 0.2) is 34.9 Å². The molecule has 0 unspecified atom stereocenters. The fourth-order valence-electron chi connectivity index (χ4n) is 1.69. The third kappa shape index (κ3) is 4.33. The summed E-state index contributed by atoms with van der Waals surface area (Å²) < 4.78 is 5.19. The lowest BCUT2D eigenvalue weighted by Crippen LogP contribution is -2.17. The number of hydrogen-bond acceptors (Lipinski definition) is 4. The minimum Gasteiger partial charge on any atom is -0.338 e. The second-order valence-corrected chi connectivity index (χ2v) is 4.80. The van der Waals surface area contributed by atoms with Gasteiger partial charge in [0, 0.05) is 6.42 Å². The summed E-state index contributed by atoms with van der Waals surface area (Å²) in [4.78, 5) is 4.34. The number of hydrogen-bond donors (Lipinski definition) is 1. The Morgan fingerprint density at radius 2 is 1.84 bits per heavy atom. The van der Waals surface area contributed by atoms with E-state index in [0.717, 1.165) is 18.7 Å². The van der Waals surface area contributed by atoms with E-state index in [9.17, 15) is 0 Å². The van der Waals surface area contributed by atoms with Crippen molar-refractivity contribution >= 4 is 12.4 Å². The molecule has 0 fully saturated rings. The number of aryl methyl sites for hydroxylation is 2. The lowest BCUT2D eigenvalue weighted by molar-refractivity contribution is 0.322. The molecule has 2 rings (SSSR count). The standard InChI is InChI=1S/C14H19N3O.ClH/c1-10(2)13(15)14-16-12(17-18-14)9-8-11-6-4-3-5-7-11;/h3-7,10,13H,8-9,15H2,1-2H3;1H/t13-;/m1./s1. The molecule has 19 heavy (non-hydrogen) atoms. The summed E-state index contributed by atoms with van der Waals surface area (Å²) in [5.41, 5.74) is 7.24. The van der Waals surface area contributed by atoms with Gasteiger partial charge in [0.25, 0.3) is 0 Å².